The molecule has 1 fully saturated rings. The summed E-state index contributed by atoms with van der Waals surface area (Å²) in [6.45, 7) is 1.45. The monoisotopic (exact) mass is 323 g/mol. The molecule has 0 radical (unpaired) electrons. The van der Waals surface area contributed by atoms with E-state index in [0.717, 1.165) is 17.7 Å². The third kappa shape index (κ3) is 4.71. The van der Waals surface area contributed by atoms with E-state index < -0.39 is 6.04 Å². The third-order valence-electron chi connectivity index (χ3n) is 4.09. The number of nitrogens with two attached hydrogens (primary N) is 1. The quantitative estimate of drug-likeness (QED) is 0.717. The van der Waals surface area contributed by atoms with E-state index in [1.807, 2.05) is 41.5 Å². The smallest absolute Gasteiger partial charge is 0.240 e. The second kappa shape index (κ2) is 8.53. The van der Waals surface area contributed by atoms with Gasteiger partial charge in [0.1, 0.15) is 0 Å². The van der Waals surface area contributed by atoms with Crippen LogP contribution in [-0.2, 0) is 11.2 Å². The molecule has 5 nitrogen and oxygen atoms in total. The summed E-state index contributed by atoms with van der Waals surface area (Å²) < 4.78 is 0. The molecule has 0 bridgehead atoms. The molecule has 1 heterocycles. The molecule has 0 saturated carbocycles. The fraction of sp³-hybridized carbons (Fsp3) is 0.562. The third-order valence-corrected chi connectivity index (χ3v) is 4.73. The van der Waals surface area contributed by atoms with Crippen LogP contribution in [0, 0.1) is 5.21 Å². The summed E-state index contributed by atoms with van der Waals surface area (Å²) in [4.78, 5) is 14.5. The Morgan fingerprint density at radius 1 is 1.50 bits per heavy atom. The molecule has 1 aromatic carbocycles. The first-order valence-corrected chi connectivity index (χ1v) is 9.12. The van der Waals surface area contributed by atoms with Crippen LogP contribution in [0.2, 0.25) is 0 Å². The van der Waals surface area contributed by atoms with Crippen LogP contribution in [0.3, 0.4) is 0 Å². The average molecular weight is 323 g/mol. The topological polar surface area (TPSA) is 73.8 Å². The van der Waals surface area contributed by atoms with Crippen molar-refractivity contribution in [3.8, 4) is 0 Å². The molecule has 2 rings (SSSR count). The number of carbonyl (C=O) groups excluding carboxylic acids is 1. The van der Waals surface area contributed by atoms with Crippen LogP contribution >= 0.6 is 11.8 Å². The van der Waals surface area contributed by atoms with Crippen LogP contribution in [0.25, 0.3) is 0 Å². The van der Waals surface area contributed by atoms with Crippen LogP contribution in [-0.4, -0.2) is 54.5 Å². The number of quaternary nitrogens is 1. The highest BCUT2D eigenvalue weighted by molar-refractivity contribution is 7.98. The molecule has 3 N–H and O–H groups in total. The summed E-state index contributed by atoms with van der Waals surface area (Å²) in [6, 6.07) is 9.30. The zero-order chi connectivity index (χ0) is 15.9. The minimum Gasteiger partial charge on any atom is -0.634 e. The number of hydroxylamine groups is 2. The van der Waals surface area contributed by atoms with Gasteiger partial charge in [-0.2, -0.15) is 11.8 Å². The molecule has 0 aliphatic carbocycles. The van der Waals surface area contributed by atoms with E-state index in [1.54, 1.807) is 11.8 Å². The largest absolute Gasteiger partial charge is 0.634 e. The van der Waals surface area contributed by atoms with Crippen LogP contribution in [0.5, 0.6) is 0 Å². The van der Waals surface area contributed by atoms with E-state index in [1.165, 1.54) is 0 Å². The van der Waals surface area contributed by atoms with E-state index >= 15 is 0 Å². The molecule has 2 unspecified atom stereocenters. The van der Waals surface area contributed by atoms with Crippen LogP contribution in [0.15, 0.2) is 30.3 Å². The van der Waals surface area contributed by atoms with Gasteiger partial charge in [0.15, 0.2) is 0 Å². The molecule has 0 aromatic heterocycles. The number of nitrogens with zero attached hydrogens (tertiary/aromatic N) is 1. The van der Waals surface area contributed by atoms with Gasteiger partial charge in [-0.3, -0.25) is 4.79 Å². The molecule has 3 atom stereocenters. The summed E-state index contributed by atoms with van der Waals surface area (Å²) in [6.07, 6.45) is 3.44. The Labute approximate surface area is 136 Å². The van der Waals surface area contributed by atoms with Crippen molar-refractivity contribution >= 4 is 17.7 Å². The minimum absolute atomic E-state index is 0.0167. The Hall–Kier alpha value is -1.08. The predicted octanol–water partition coefficient (Wildman–Crippen LogP) is -0.0970. The number of rotatable bonds is 6. The Balaban J connectivity index is 1.98. The van der Waals surface area contributed by atoms with Gasteiger partial charge >= 0.3 is 0 Å². The number of benzene rings is 1. The first-order chi connectivity index (χ1) is 10.6. The number of hydrogen-bond donors (Lipinski definition) is 2. The Morgan fingerprint density at radius 3 is 2.91 bits per heavy atom. The highest BCUT2D eigenvalue weighted by Crippen LogP contribution is 2.12. The van der Waals surface area contributed by atoms with Gasteiger partial charge < -0.3 is 20.9 Å². The number of amides is 1. The maximum Gasteiger partial charge on any atom is 0.240 e. The van der Waals surface area contributed by atoms with Gasteiger partial charge in [0.2, 0.25) is 5.91 Å². The van der Waals surface area contributed by atoms with Crippen LogP contribution < -0.4 is 10.8 Å². The highest BCUT2D eigenvalue weighted by atomic mass is 32.2. The van der Waals surface area contributed by atoms with Gasteiger partial charge in [0.25, 0.3) is 0 Å². The first kappa shape index (κ1) is 17.3. The zero-order valence-electron chi connectivity index (χ0n) is 13.0. The fourth-order valence-electron chi connectivity index (χ4n) is 2.87. The molecule has 1 amide bonds. The van der Waals surface area contributed by atoms with Crippen molar-refractivity contribution in [2.75, 3.05) is 31.6 Å². The van der Waals surface area contributed by atoms with Crippen molar-refractivity contribution < 1.29 is 9.86 Å². The van der Waals surface area contributed by atoms with E-state index in [4.69, 9.17) is 5.73 Å². The minimum atomic E-state index is -0.535. The lowest BCUT2D eigenvalue weighted by atomic mass is 10.0. The van der Waals surface area contributed by atoms with Crippen molar-refractivity contribution in [3.05, 3.63) is 41.1 Å². The maximum atomic E-state index is 12.7. The molecule has 122 valence electrons. The molecule has 0 spiro atoms. The lowest BCUT2D eigenvalue weighted by molar-refractivity contribution is -0.856. The van der Waals surface area contributed by atoms with Gasteiger partial charge in [-0.15, -0.1) is 0 Å². The summed E-state index contributed by atoms with van der Waals surface area (Å²) in [5.74, 6) is 0.929. The Bertz CT molecular complexity index is 472. The summed E-state index contributed by atoms with van der Waals surface area (Å²) in [5, 5.41) is 11.9. The molecule has 1 aliphatic heterocycles. The standard InChI is InChI=1S/C16H25N3O2S/c1-22-10-7-14-12-18(21)8-9-19(14)16(20)15(17)11-13-5-3-2-4-6-13/h2-6,14-15,18H,7-12,17H2,1H3/t14?,15-/m0/s1. The molecular formula is C16H25N3O2S. The van der Waals surface area contributed by atoms with E-state index in [2.05, 4.69) is 0 Å². The van der Waals surface area contributed by atoms with Crippen molar-refractivity contribution in [2.45, 2.75) is 24.9 Å². The Morgan fingerprint density at radius 2 is 2.23 bits per heavy atom. The normalized spacial score (nSPS) is 23.3. The number of nitrogens with one attached hydrogen (secondary N) is 1. The number of piperazine rings is 1. The summed E-state index contributed by atoms with van der Waals surface area (Å²) in [7, 11) is 0. The van der Waals surface area contributed by atoms with Gasteiger partial charge in [-0.1, -0.05) is 30.3 Å². The van der Waals surface area contributed by atoms with Crippen molar-refractivity contribution in [1.29, 1.82) is 0 Å². The van der Waals surface area contributed by atoms with Crippen LogP contribution in [0.4, 0.5) is 0 Å². The van der Waals surface area contributed by atoms with Crippen molar-refractivity contribution in [1.82, 2.24) is 4.90 Å². The van der Waals surface area contributed by atoms with Gasteiger partial charge in [-0.25, -0.2) is 0 Å². The van der Waals surface area contributed by atoms with Crippen molar-refractivity contribution in [2.24, 2.45) is 5.73 Å². The predicted molar refractivity (Wildman–Crippen MR) is 90.7 cm³/mol. The van der Waals surface area contributed by atoms with Gasteiger partial charge in [0, 0.05) is 0 Å². The molecular weight excluding hydrogens is 298 g/mol. The molecule has 1 aromatic rings. The lowest BCUT2D eigenvalue weighted by Gasteiger charge is -2.41. The first-order valence-electron chi connectivity index (χ1n) is 7.72. The number of carbonyl (C=O) groups is 1. The van der Waals surface area contributed by atoms with Gasteiger partial charge in [0.05, 0.1) is 31.7 Å². The number of thioether (sulfide) groups is 1. The molecule has 6 heteroatoms. The van der Waals surface area contributed by atoms with E-state index in [9.17, 15) is 10.0 Å². The van der Waals surface area contributed by atoms with E-state index in [0.29, 0.717) is 26.1 Å². The van der Waals surface area contributed by atoms with Crippen LogP contribution in [0.1, 0.15) is 12.0 Å². The lowest BCUT2D eigenvalue weighted by Crippen LogP contribution is -3.11. The number of hydrogen-bond acceptors (Lipinski definition) is 4. The fourth-order valence-corrected chi connectivity index (χ4v) is 3.38. The molecule has 1 saturated heterocycles. The SMILES string of the molecule is CSCCC1C[NH+]([O-])CCN1C(=O)[C@@H](N)Cc1ccccc1. The van der Waals surface area contributed by atoms with E-state index in [-0.39, 0.29) is 17.0 Å². The second-order valence-electron chi connectivity index (χ2n) is 5.76. The Kier molecular flexibility index (Phi) is 6.70. The zero-order valence-corrected chi connectivity index (χ0v) is 13.8. The average Bonchev–Trinajstić information content (AvgIpc) is 2.53. The van der Waals surface area contributed by atoms with Gasteiger partial charge in [-0.05, 0) is 30.4 Å². The highest BCUT2D eigenvalue weighted by Gasteiger charge is 2.32. The maximum absolute atomic E-state index is 12.7. The molecule has 22 heavy (non-hydrogen) atoms. The molecule has 1 aliphatic rings. The summed E-state index contributed by atoms with van der Waals surface area (Å²) >= 11 is 1.74. The second-order valence-corrected chi connectivity index (χ2v) is 6.74. The van der Waals surface area contributed by atoms with Crippen molar-refractivity contribution in [3.63, 3.8) is 0 Å². The summed E-state index contributed by atoms with van der Waals surface area (Å²) in [5.41, 5.74) is 7.19.